The summed E-state index contributed by atoms with van der Waals surface area (Å²) in [6.45, 7) is 1.85. The third-order valence-electron chi connectivity index (χ3n) is 5.61. The fourth-order valence-corrected chi connectivity index (χ4v) is 5.64. The maximum Gasteiger partial charge on any atom is 0.246 e. The van der Waals surface area contributed by atoms with Gasteiger partial charge in [0.15, 0.2) is 0 Å². The summed E-state index contributed by atoms with van der Waals surface area (Å²) in [5.41, 5.74) is 2.34. The van der Waals surface area contributed by atoms with Gasteiger partial charge in [-0.15, -0.1) is 0 Å². The molecule has 1 aliphatic heterocycles. The molecule has 1 aliphatic rings. The highest BCUT2D eigenvalue weighted by molar-refractivity contribution is 7.89. The van der Waals surface area contributed by atoms with Crippen molar-refractivity contribution >= 4 is 10.0 Å². The Morgan fingerprint density at radius 2 is 1.39 bits per heavy atom. The van der Waals surface area contributed by atoms with Crippen molar-refractivity contribution in [2.75, 3.05) is 33.3 Å². The summed E-state index contributed by atoms with van der Waals surface area (Å²) in [5, 5.41) is 0. The van der Waals surface area contributed by atoms with Crippen LogP contribution in [0.4, 0.5) is 4.39 Å². The second-order valence-corrected chi connectivity index (χ2v) is 9.37. The first-order chi connectivity index (χ1) is 15.0. The van der Waals surface area contributed by atoms with Crippen LogP contribution in [-0.2, 0) is 10.0 Å². The van der Waals surface area contributed by atoms with Gasteiger partial charge in [0.25, 0.3) is 0 Å². The number of piperazine rings is 1. The van der Waals surface area contributed by atoms with E-state index in [2.05, 4.69) is 29.2 Å². The highest BCUT2D eigenvalue weighted by atomic mass is 32.2. The van der Waals surface area contributed by atoms with Gasteiger partial charge in [-0.3, -0.25) is 4.90 Å². The van der Waals surface area contributed by atoms with Crippen molar-refractivity contribution in [2.45, 2.75) is 10.9 Å². The van der Waals surface area contributed by atoms with Gasteiger partial charge in [-0.05, 0) is 23.3 Å². The number of hydrogen-bond donors (Lipinski definition) is 0. The number of methoxy groups -OCH3 is 1. The van der Waals surface area contributed by atoms with Gasteiger partial charge in [-0.25, -0.2) is 12.8 Å². The quantitative estimate of drug-likeness (QED) is 0.583. The summed E-state index contributed by atoms with van der Waals surface area (Å²) < 4.78 is 46.5. The Hall–Kier alpha value is -2.74. The van der Waals surface area contributed by atoms with E-state index in [9.17, 15) is 12.8 Å². The van der Waals surface area contributed by atoms with Gasteiger partial charge < -0.3 is 4.74 Å². The van der Waals surface area contributed by atoms with Gasteiger partial charge in [0.2, 0.25) is 10.0 Å². The molecule has 1 fully saturated rings. The molecular formula is C24H25FN2O3S. The first-order valence-corrected chi connectivity index (χ1v) is 11.6. The van der Waals surface area contributed by atoms with E-state index in [1.165, 1.54) is 28.6 Å². The third-order valence-corrected chi connectivity index (χ3v) is 7.55. The van der Waals surface area contributed by atoms with E-state index >= 15 is 0 Å². The predicted octanol–water partition coefficient (Wildman–Crippen LogP) is 3.93. The van der Waals surface area contributed by atoms with Crippen molar-refractivity contribution in [2.24, 2.45) is 0 Å². The summed E-state index contributed by atoms with van der Waals surface area (Å²) in [4.78, 5) is 2.30. The topological polar surface area (TPSA) is 49.9 Å². The van der Waals surface area contributed by atoms with E-state index in [0.29, 0.717) is 26.2 Å². The molecule has 31 heavy (non-hydrogen) atoms. The standard InChI is InChI=1S/C24H25FN2O3S/c1-30-22-18-21(25)12-13-23(22)31(28,29)27-16-14-26(15-17-27)24(19-8-4-2-5-9-19)20-10-6-3-7-11-20/h2-13,18,24H,14-17H2,1H3. The number of rotatable bonds is 6. The van der Waals surface area contributed by atoms with Crippen LogP contribution in [0.2, 0.25) is 0 Å². The molecule has 4 rings (SSSR count). The SMILES string of the molecule is COc1cc(F)ccc1S(=O)(=O)N1CCN(C(c2ccccc2)c2ccccc2)CC1. The molecule has 3 aromatic rings. The molecule has 7 heteroatoms. The molecule has 162 valence electrons. The first-order valence-electron chi connectivity index (χ1n) is 10.2. The second-order valence-electron chi connectivity index (χ2n) is 7.46. The van der Waals surface area contributed by atoms with Crippen LogP contribution in [0.5, 0.6) is 5.75 Å². The Morgan fingerprint density at radius 1 is 0.839 bits per heavy atom. The third kappa shape index (κ3) is 4.49. The van der Waals surface area contributed by atoms with E-state index in [1.807, 2.05) is 36.4 Å². The smallest absolute Gasteiger partial charge is 0.246 e. The van der Waals surface area contributed by atoms with E-state index in [0.717, 1.165) is 12.1 Å². The van der Waals surface area contributed by atoms with Gasteiger partial charge >= 0.3 is 0 Å². The average Bonchev–Trinajstić information content (AvgIpc) is 2.81. The maximum atomic E-state index is 13.5. The van der Waals surface area contributed by atoms with Gasteiger partial charge in [-0.2, -0.15) is 4.31 Å². The summed E-state index contributed by atoms with van der Waals surface area (Å²) in [5.74, 6) is -0.511. The number of nitrogens with zero attached hydrogens (tertiary/aromatic N) is 2. The van der Waals surface area contributed by atoms with E-state index in [4.69, 9.17) is 4.74 Å². The number of benzene rings is 3. The Bertz CT molecular complexity index is 1080. The normalized spacial score (nSPS) is 15.8. The molecular weight excluding hydrogens is 415 g/mol. The molecule has 1 heterocycles. The van der Waals surface area contributed by atoms with Crippen LogP contribution >= 0.6 is 0 Å². The molecule has 5 nitrogen and oxygen atoms in total. The minimum Gasteiger partial charge on any atom is -0.495 e. The van der Waals surface area contributed by atoms with Crippen LogP contribution < -0.4 is 4.74 Å². The molecule has 3 aromatic carbocycles. The number of sulfonamides is 1. The Balaban J connectivity index is 1.57. The lowest BCUT2D eigenvalue weighted by Gasteiger charge is -2.39. The van der Waals surface area contributed by atoms with Crippen LogP contribution in [-0.4, -0.2) is 50.9 Å². The molecule has 0 bridgehead atoms. The van der Waals surface area contributed by atoms with Crippen molar-refractivity contribution in [3.05, 3.63) is 95.8 Å². The molecule has 0 saturated carbocycles. The van der Waals surface area contributed by atoms with Crippen LogP contribution in [0.1, 0.15) is 17.2 Å². The summed E-state index contributed by atoms with van der Waals surface area (Å²) >= 11 is 0. The van der Waals surface area contributed by atoms with Gasteiger partial charge in [0.1, 0.15) is 16.5 Å². The lowest BCUT2D eigenvalue weighted by Crippen LogP contribution is -2.49. The molecule has 0 unspecified atom stereocenters. The zero-order valence-corrected chi connectivity index (χ0v) is 18.1. The minimum atomic E-state index is -3.78. The van der Waals surface area contributed by atoms with Crippen molar-refractivity contribution in [3.63, 3.8) is 0 Å². The van der Waals surface area contributed by atoms with E-state index in [1.54, 1.807) is 0 Å². The second kappa shape index (κ2) is 9.18. The monoisotopic (exact) mass is 440 g/mol. The Labute approximate surface area is 182 Å². The highest BCUT2D eigenvalue weighted by Crippen LogP contribution is 2.32. The minimum absolute atomic E-state index is 0.00693. The number of halogens is 1. The number of hydrogen-bond acceptors (Lipinski definition) is 4. The van der Waals surface area contributed by atoms with E-state index < -0.39 is 15.8 Å². The lowest BCUT2D eigenvalue weighted by atomic mass is 9.96. The van der Waals surface area contributed by atoms with Crippen LogP contribution in [0.25, 0.3) is 0 Å². The van der Waals surface area contributed by atoms with Gasteiger partial charge in [-0.1, -0.05) is 60.7 Å². The lowest BCUT2D eigenvalue weighted by molar-refractivity contribution is 0.155. The largest absolute Gasteiger partial charge is 0.495 e. The predicted molar refractivity (Wildman–Crippen MR) is 118 cm³/mol. The molecule has 0 atom stereocenters. The molecule has 0 aromatic heterocycles. The molecule has 0 amide bonds. The van der Waals surface area contributed by atoms with Gasteiger partial charge in [0, 0.05) is 32.2 Å². The molecule has 1 saturated heterocycles. The average molecular weight is 441 g/mol. The Kier molecular flexibility index (Phi) is 6.36. The van der Waals surface area contributed by atoms with Crippen molar-refractivity contribution in [3.8, 4) is 5.75 Å². The van der Waals surface area contributed by atoms with Crippen LogP contribution in [0.3, 0.4) is 0 Å². The molecule has 0 N–H and O–H groups in total. The first kappa shape index (κ1) is 21.5. The van der Waals surface area contributed by atoms with E-state index in [-0.39, 0.29) is 16.7 Å². The maximum absolute atomic E-state index is 13.5. The molecule has 0 spiro atoms. The summed E-state index contributed by atoms with van der Waals surface area (Å²) in [6, 6.07) is 24.0. The van der Waals surface area contributed by atoms with Crippen LogP contribution in [0.15, 0.2) is 83.8 Å². The zero-order valence-electron chi connectivity index (χ0n) is 17.3. The summed E-state index contributed by atoms with van der Waals surface area (Å²) in [6.07, 6.45) is 0. The van der Waals surface area contributed by atoms with Crippen molar-refractivity contribution in [1.82, 2.24) is 9.21 Å². The highest BCUT2D eigenvalue weighted by Gasteiger charge is 2.33. The van der Waals surface area contributed by atoms with Crippen molar-refractivity contribution < 1.29 is 17.5 Å². The van der Waals surface area contributed by atoms with Gasteiger partial charge in [0.05, 0.1) is 13.2 Å². The Morgan fingerprint density at radius 3 is 1.90 bits per heavy atom. The molecule has 0 radical (unpaired) electrons. The summed E-state index contributed by atoms with van der Waals surface area (Å²) in [7, 11) is -2.44. The fourth-order valence-electron chi connectivity index (χ4n) is 4.08. The fraction of sp³-hybridized carbons (Fsp3) is 0.250. The van der Waals surface area contributed by atoms with Crippen LogP contribution in [0, 0.1) is 5.82 Å². The number of ether oxygens (including phenoxy) is 1. The molecule has 0 aliphatic carbocycles. The zero-order chi connectivity index (χ0) is 21.8. The van der Waals surface area contributed by atoms with Crippen molar-refractivity contribution in [1.29, 1.82) is 0 Å².